The number of aromatic nitrogens is 1. The molecule has 1 aromatic heterocycles. The number of carbonyl (C=O) groups excluding carboxylic acids is 2. The van der Waals surface area contributed by atoms with Gasteiger partial charge in [0, 0.05) is 31.2 Å². The van der Waals surface area contributed by atoms with E-state index >= 15 is 0 Å². The first-order chi connectivity index (χ1) is 13.6. The zero-order chi connectivity index (χ0) is 19.3. The van der Waals surface area contributed by atoms with Crippen LogP contribution in [0.25, 0.3) is 0 Å². The summed E-state index contributed by atoms with van der Waals surface area (Å²) in [6.45, 7) is 1.25. The highest BCUT2D eigenvalue weighted by atomic mass is 35.5. The first-order valence-corrected chi connectivity index (χ1v) is 11.2. The second kappa shape index (κ2) is 7.33. The minimum Gasteiger partial charge on any atom is -0.353 e. The van der Waals surface area contributed by atoms with E-state index in [4.69, 9.17) is 11.6 Å². The monoisotopic (exact) mass is 401 g/mol. The third-order valence-corrected chi connectivity index (χ3v) is 7.89. The Kier molecular flexibility index (Phi) is 4.82. The van der Waals surface area contributed by atoms with E-state index in [-0.39, 0.29) is 17.7 Å². The summed E-state index contributed by atoms with van der Waals surface area (Å²) < 4.78 is 0. The smallest absolute Gasteiger partial charge is 0.255 e. The Morgan fingerprint density at radius 3 is 2.21 bits per heavy atom. The normalized spacial score (nSPS) is 34.5. The summed E-state index contributed by atoms with van der Waals surface area (Å²) in [6, 6.07) is 3.75. The molecule has 4 aliphatic carbocycles. The maximum Gasteiger partial charge on any atom is 0.255 e. The van der Waals surface area contributed by atoms with Crippen LogP contribution < -0.4 is 5.32 Å². The Morgan fingerprint density at radius 2 is 1.64 bits per heavy atom. The van der Waals surface area contributed by atoms with E-state index < -0.39 is 0 Å². The van der Waals surface area contributed by atoms with Crippen LogP contribution in [0.5, 0.6) is 0 Å². The van der Waals surface area contributed by atoms with Crippen LogP contribution in [0.2, 0.25) is 5.15 Å². The van der Waals surface area contributed by atoms with Gasteiger partial charge in [0.2, 0.25) is 5.91 Å². The summed E-state index contributed by atoms with van der Waals surface area (Å²) in [5.41, 5.74) is 0.556. The fraction of sp³-hybridized carbons (Fsp3) is 0.682. The largest absolute Gasteiger partial charge is 0.353 e. The van der Waals surface area contributed by atoms with Gasteiger partial charge in [-0.1, -0.05) is 11.6 Å². The van der Waals surface area contributed by atoms with Gasteiger partial charge in [0.25, 0.3) is 5.91 Å². The molecule has 6 heteroatoms. The maximum atomic E-state index is 12.9. The molecule has 5 nitrogen and oxygen atoms in total. The summed E-state index contributed by atoms with van der Waals surface area (Å²) in [6.07, 6.45) is 9.72. The summed E-state index contributed by atoms with van der Waals surface area (Å²) in [5.74, 6) is 3.49. The van der Waals surface area contributed by atoms with Gasteiger partial charge in [0.15, 0.2) is 0 Å². The molecule has 1 saturated heterocycles. The van der Waals surface area contributed by atoms with Crippen LogP contribution in [-0.2, 0) is 4.79 Å². The molecule has 1 aliphatic heterocycles. The third kappa shape index (κ3) is 3.42. The molecule has 2 heterocycles. The van der Waals surface area contributed by atoms with Gasteiger partial charge in [-0.2, -0.15) is 0 Å². The number of nitrogens with one attached hydrogen (secondary N) is 1. The lowest BCUT2D eigenvalue weighted by atomic mass is 9.54. The summed E-state index contributed by atoms with van der Waals surface area (Å²) >= 11 is 5.80. The molecule has 0 atom stereocenters. The molecule has 1 N–H and O–H groups in total. The maximum absolute atomic E-state index is 12.9. The fourth-order valence-corrected chi connectivity index (χ4v) is 6.58. The zero-order valence-corrected chi connectivity index (χ0v) is 16.9. The number of hydrogen-bond acceptors (Lipinski definition) is 3. The lowest BCUT2D eigenvalue weighted by Crippen LogP contribution is -2.57. The fourth-order valence-electron chi connectivity index (χ4n) is 6.47. The highest BCUT2D eigenvalue weighted by Gasteiger charge is 2.49. The van der Waals surface area contributed by atoms with Crippen molar-refractivity contribution >= 4 is 23.4 Å². The van der Waals surface area contributed by atoms with Crippen molar-refractivity contribution in [2.45, 2.75) is 51.0 Å². The van der Waals surface area contributed by atoms with E-state index in [0.29, 0.717) is 41.7 Å². The molecule has 1 aromatic rings. The highest BCUT2D eigenvalue weighted by Crippen LogP contribution is 2.53. The van der Waals surface area contributed by atoms with Crippen LogP contribution in [-0.4, -0.2) is 40.8 Å². The van der Waals surface area contributed by atoms with Gasteiger partial charge < -0.3 is 10.2 Å². The quantitative estimate of drug-likeness (QED) is 0.788. The van der Waals surface area contributed by atoms with Crippen molar-refractivity contribution in [3.63, 3.8) is 0 Å². The van der Waals surface area contributed by atoms with Gasteiger partial charge in [-0.15, -0.1) is 0 Å². The summed E-state index contributed by atoms with van der Waals surface area (Å²) in [5, 5.41) is 3.83. The number of carbonyl (C=O) groups is 2. The van der Waals surface area contributed by atoms with Crippen molar-refractivity contribution in [3.8, 4) is 0 Å². The minimum atomic E-state index is -0.0240. The SMILES string of the molecule is O=C(NC1C2CC3CC(C2)CC1C3)C1CCN(C(=O)c2ccc(Cl)nc2)CC1. The van der Waals surface area contributed by atoms with E-state index in [1.54, 1.807) is 12.1 Å². The first kappa shape index (κ1) is 18.4. The average Bonchev–Trinajstić information content (AvgIpc) is 2.70. The third-order valence-electron chi connectivity index (χ3n) is 7.66. The molecule has 0 radical (unpaired) electrons. The zero-order valence-electron chi connectivity index (χ0n) is 16.1. The van der Waals surface area contributed by atoms with Gasteiger partial charge in [-0.25, -0.2) is 4.98 Å². The highest BCUT2D eigenvalue weighted by molar-refractivity contribution is 6.29. The summed E-state index contributed by atoms with van der Waals surface area (Å²) in [4.78, 5) is 31.4. The molecule has 4 saturated carbocycles. The van der Waals surface area contributed by atoms with E-state index in [9.17, 15) is 9.59 Å². The van der Waals surface area contributed by atoms with Gasteiger partial charge in [0.05, 0.1) is 5.56 Å². The van der Waals surface area contributed by atoms with Gasteiger partial charge in [-0.3, -0.25) is 9.59 Å². The molecule has 5 fully saturated rings. The standard InChI is InChI=1S/C22H28ClN3O2/c23-19-2-1-16(12-24-19)22(28)26-5-3-15(4-6-26)21(27)25-20-17-8-13-7-14(10-17)11-18(20)9-13/h1-2,12-15,17-18,20H,3-11H2,(H,25,27). The van der Waals surface area contributed by atoms with Crippen molar-refractivity contribution in [2.75, 3.05) is 13.1 Å². The second-order valence-corrected chi connectivity index (χ2v) is 9.79. The van der Waals surface area contributed by atoms with E-state index in [1.807, 2.05) is 4.90 Å². The van der Waals surface area contributed by atoms with Gasteiger partial charge in [0.1, 0.15) is 5.15 Å². The van der Waals surface area contributed by atoms with Crippen molar-refractivity contribution in [3.05, 3.63) is 29.0 Å². The number of amides is 2. The van der Waals surface area contributed by atoms with Crippen LogP contribution in [0.1, 0.15) is 55.3 Å². The Labute approximate surface area is 171 Å². The van der Waals surface area contributed by atoms with Gasteiger partial charge >= 0.3 is 0 Å². The van der Waals surface area contributed by atoms with Gasteiger partial charge in [-0.05, 0) is 80.8 Å². The minimum absolute atomic E-state index is 0.0240. The summed E-state index contributed by atoms with van der Waals surface area (Å²) in [7, 11) is 0. The topological polar surface area (TPSA) is 62.3 Å². The first-order valence-electron chi connectivity index (χ1n) is 10.8. The number of rotatable bonds is 3. The van der Waals surface area contributed by atoms with Crippen molar-refractivity contribution < 1.29 is 9.59 Å². The van der Waals surface area contributed by atoms with Crippen LogP contribution in [0.3, 0.4) is 0 Å². The molecular weight excluding hydrogens is 374 g/mol. The van der Waals surface area contributed by atoms with Crippen LogP contribution in [0.4, 0.5) is 0 Å². The number of halogens is 1. The molecule has 2 amide bonds. The van der Waals surface area contributed by atoms with Crippen molar-refractivity contribution in [1.29, 1.82) is 0 Å². The number of piperidine rings is 1. The molecule has 6 rings (SSSR count). The number of pyridine rings is 1. The lowest BCUT2D eigenvalue weighted by Gasteiger charge is -2.54. The lowest BCUT2D eigenvalue weighted by molar-refractivity contribution is -0.130. The van der Waals surface area contributed by atoms with Crippen LogP contribution in [0, 0.1) is 29.6 Å². The Hall–Kier alpha value is -1.62. The Morgan fingerprint density at radius 1 is 1.00 bits per heavy atom. The van der Waals surface area contributed by atoms with Crippen LogP contribution >= 0.6 is 11.6 Å². The number of hydrogen-bond donors (Lipinski definition) is 1. The Balaban J connectivity index is 1.15. The predicted octanol–water partition coefficient (Wildman–Crippen LogP) is 3.53. The van der Waals surface area contributed by atoms with E-state index in [2.05, 4.69) is 10.3 Å². The van der Waals surface area contributed by atoms with Crippen LogP contribution in [0.15, 0.2) is 18.3 Å². The molecule has 150 valence electrons. The molecule has 4 bridgehead atoms. The molecule has 5 aliphatic rings. The van der Waals surface area contributed by atoms with E-state index in [1.165, 1.54) is 38.3 Å². The molecular formula is C22H28ClN3O2. The molecule has 28 heavy (non-hydrogen) atoms. The molecule has 0 aromatic carbocycles. The number of nitrogens with zero attached hydrogens (tertiary/aromatic N) is 2. The molecule has 0 unspecified atom stereocenters. The van der Waals surface area contributed by atoms with Crippen molar-refractivity contribution in [1.82, 2.24) is 15.2 Å². The molecule has 0 spiro atoms. The number of likely N-dealkylation sites (tertiary alicyclic amines) is 1. The Bertz CT molecular complexity index is 730. The van der Waals surface area contributed by atoms with Crippen molar-refractivity contribution in [2.24, 2.45) is 29.6 Å². The average molecular weight is 402 g/mol. The predicted molar refractivity (Wildman–Crippen MR) is 107 cm³/mol. The van der Waals surface area contributed by atoms with E-state index in [0.717, 1.165) is 24.7 Å². The second-order valence-electron chi connectivity index (χ2n) is 9.40.